The van der Waals surface area contributed by atoms with E-state index in [1.165, 1.54) is 6.33 Å². The van der Waals surface area contributed by atoms with Crippen molar-refractivity contribution in [3.05, 3.63) is 12.4 Å². The van der Waals surface area contributed by atoms with Gasteiger partial charge < -0.3 is 15.8 Å². The maximum Gasteiger partial charge on any atom is 0.218 e. The van der Waals surface area contributed by atoms with Crippen LogP contribution in [-0.4, -0.2) is 29.7 Å². The number of rotatable bonds is 9. The molecular weight excluding hydrogens is 228 g/mol. The maximum atomic E-state index is 5.58. The van der Waals surface area contributed by atoms with Gasteiger partial charge in [0.2, 0.25) is 5.88 Å². The summed E-state index contributed by atoms with van der Waals surface area (Å²) in [4.78, 5) is 8.25. The van der Waals surface area contributed by atoms with Gasteiger partial charge in [-0.1, -0.05) is 20.3 Å². The fourth-order valence-electron chi connectivity index (χ4n) is 1.66. The lowest BCUT2D eigenvalue weighted by atomic mass is 10.0. The van der Waals surface area contributed by atoms with Crippen molar-refractivity contribution in [1.82, 2.24) is 9.97 Å². The molecule has 1 heterocycles. The van der Waals surface area contributed by atoms with Crippen LogP contribution in [0.1, 0.15) is 33.1 Å². The number of hydrogen-bond acceptors (Lipinski definition) is 5. The molecule has 0 saturated heterocycles. The Morgan fingerprint density at radius 2 is 2.22 bits per heavy atom. The van der Waals surface area contributed by atoms with Crippen molar-refractivity contribution in [3.63, 3.8) is 0 Å². The Kier molecular flexibility index (Phi) is 7.10. The lowest BCUT2D eigenvalue weighted by Gasteiger charge is -2.15. The minimum Gasteiger partial charge on any atom is -0.478 e. The second-order valence-electron chi connectivity index (χ2n) is 4.32. The molecule has 5 nitrogen and oxygen atoms in total. The average molecular weight is 252 g/mol. The molecule has 0 fully saturated rings. The molecular formula is C13H24N4O. The molecule has 0 aliphatic carbocycles. The second kappa shape index (κ2) is 8.69. The van der Waals surface area contributed by atoms with Crippen LogP contribution in [0.5, 0.6) is 5.88 Å². The molecule has 1 aromatic rings. The molecule has 0 spiro atoms. The topological polar surface area (TPSA) is 73.1 Å². The fraction of sp³-hybridized carbons (Fsp3) is 0.692. The van der Waals surface area contributed by atoms with Crippen molar-refractivity contribution < 1.29 is 4.74 Å². The molecule has 1 aromatic heterocycles. The highest BCUT2D eigenvalue weighted by Gasteiger charge is 2.06. The van der Waals surface area contributed by atoms with Gasteiger partial charge in [0.1, 0.15) is 12.1 Å². The summed E-state index contributed by atoms with van der Waals surface area (Å²) in [5.74, 6) is 2.03. The van der Waals surface area contributed by atoms with Crippen LogP contribution in [0, 0.1) is 5.92 Å². The molecule has 1 rings (SSSR count). The van der Waals surface area contributed by atoms with E-state index in [1.54, 1.807) is 0 Å². The summed E-state index contributed by atoms with van der Waals surface area (Å²) >= 11 is 0. The molecule has 102 valence electrons. The van der Waals surface area contributed by atoms with Gasteiger partial charge >= 0.3 is 0 Å². The first-order valence-corrected chi connectivity index (χ1v) is 6.68. The lowest BCUT2D eigenvalue weighted by molar-refractivity contribution is 0.305. The van der Waals surface area contributed by atoms with E-state index in [4.69, 9.17) is 10.5 Å². The fourth-order valence-corrected chi connectivity index (χ4v) is 1.66. The summed E-state index contributed by atoms with van der Waals surface area (Å²) in [6.45, 7) is 6.55. The Hall–Kier alpha value is -1.36. The van der Waals surface area contributed by atoms with Crippen molar-refractivity contribution in [2.24, 2.45) is 11.7 Å². The van der Waals surface area contributed by atoms with E-state index >= 15 is 0 Å². The van der Waals surface area contributed by atoms with E-state index in [0.717, 1.165) is 38.2 Å². The summed E-state index contributed by atoms with van der Waals surface area (Å²) in [6.07, 6.45) is 4.65. The van der Waals surface area contributed by atoms with E-state index in [-0.39, 0.29) is 0 Å². The minimum atomic E-state index is 0.588. The van der Waals surface area contributed by atoms with E-state index in [9.17, 15) is 0 Å². The standard InChI is InChI=1S/C13H24N4O/c1-3-7-18-13-8-12(16-10-17-13)15-9-11(4-2)5-6-14/h8,10-11H,3-7,9,14H2,1-2H3,(H,15,16,17). The molecule has 0 amide bonds. The van der Waals surface area contributed by atoms with Crippen LogP contribution in [0.15, 0.2) is 12.4 Å². The highest BCUT2D eigenvalue weighted by atomic mass is 16.5. The van der Waals surface area contributed by atoms with Gasteiger partial charge in [-0.05, 0) is 25.3 Å². The number of nitrogens with one attached hydrogen (secondary N) is 1. The molecule has 3 N–H and O–H groups in total. The van der Waals surface area contributed by atoms with Crippen LogP contribution in [-0.2, 0) is 0 Å². The monoisotopic (exact) mass is 252 g/mol. The SMILES string of the molecule is CCCOc1cc(NCC(CC)CCN)ncn1. The van der Waals surface area contributed by atoms with Gasteiger partial charge in [-0.15, -0.1) is 0 Å². The van der Waals surface area contributed by atoms with Crippen molar-refractivity contribution in [2.45, 2.75) is 33.1 Å². The predicted octanol–water partition coefficient (Wildman–Crippen LogP) is 2.05. The van der Waals surface area contributed by atoms with Crippen LogP contribution in [0.3, 0.4) is 0 Å². The summed E-state index contributed by atoms with van der Waals surface area (Å²) in [5, 5.41) is 3.31. The van der Waals surface area contributed by atoms with Crippen molar-refractivity contribution >= 4 is 5.82 Å². The highest BCUT2D eigenvalue weighted by Crippen LogP contribution is 2.13. The Morgan fingerprint density at radius 3 is 2.89 bits per heavy atom. The number of nitrogens with two attached hydrogens (primary N) is 1. The molecule has 0 aliphatic heterocycles. The van der Waals surface area contributed by atoms with Crippen molar-refractivity contribution in [2.75, 3.05) is 25.0 Å². The second-order valence-corrected chi connectivity index (χ2v) is 4.32. The Balaban J connectivity index is 2.45. The van der Waals surface area contributed by atoms with Crippen LogP contribution in [0.25, 0.3) is 0 Å². The number of nitrogens with zero attached hydrogens (tertiary/aromatic N) is 2. The first-order chi connectivity index (χ1) is 8.80. The molecule has 1 unspecified atom stereocenters. The van der Waals surface area contributed by atoms with Gasteiger partial charge in [-0.3, -0.25) is 0 Å². The smallest absolute Gasteiger partial charge is 0.218 e. The first-order valence-electron chi connectivity index (χ1n) is 6.68. The number of anilines is 1. The predicted molar refractivity (Wildman–Crippen MR) is 73.8 cm³/mol. The molecule has 5 heteroatoms. The van der Waals surface area contributed by atoms with E-state index < -0.39 is 0 Å². The average Bonchev–Trinajstić information content (AvgIpc) is 2.41. The van der Waals surface area contributed by atoms with Gasteiger partial charge in [0.05, 0.1) is 6.61 Å². The maximum absolute atomic E-state index is 5.58. The van der Waals surface area contributed by atoms with Gasteiger partial charge in [0, 0.05) is 12.6 Å². The molecule has 0 aliphatic rings. The van der Waals surface area contributed by atoms with E-state index in [2.05, 4.69) is 29.1 Å². The van der Waals surface area contributed by atoms with Gasteiger partial charge in [-0.2, -0.15) is 0 Å². The normalized spacial score (nSPS) is 12.2. The number of hydrogen-bond donors (Lipinski definition) is 2. The van der Waals surface area contributed by atoms with Crippen LogP contribution < -0.4 is 15.8 Å². The minimum absolute atomic E-state index is 0.588. The van der Waals surface area contributed by atoms with Crippen LogP contribution >= 0.6 is 0 Å². The third-order valence-corrected chi connectivity index (χ3v) is 2.82. The molecule has 0 saturated carbocycles. The van der Waals surface area contributed by atoms with E-state index in [0.29, 0.717) is 18.4 Å². The third-order valence-electron chi connectivity index (χ3n) is 2.82. The summed E-state index contributed by atoms with van der Waals surface area (Å²) in [7, 11) is 0. The molecule has 18 heavy (non-hydrogen) atoms. The quantitative estimate of drug-likeness (QED) is 0.703. The zero-order valence-electron chi connectivity index (χ0n) is 11.4. The zero-order chi connectivity index (χ0) is 13.2. The van der Waals surface area contributed by atoms with E-state index in [1.807, 2.05) is 6.07 Å². The lowest BCUT2D eigenvalue weighted by Crippen LogP contribution is -2.18. The summed E-state index contributed by atoms with van der Waals surface area (Å²) in [5.41, 5.74) is 5.58. The zero-order valence-corrected chi connectivity index (χ0v) is 11.4. The Morgan fingerprint density at radius 1 is 1.39 bits per heavy atom. The first kappa shape index (κ1) is 14.7. The summed E-state index contributed by atoms with van der Waals surface area (Å²) < 4.78 is 5.47. The van der Waals surface area contributed by atoms with Gasteiger partial charge in [0.15, 0.2) is 0 Å². The van der Waals surface area contributed by atoms with Crippen LogP contribution in [0.4, 0.5) is 5.82 Å². The number of aromatic nitrogens is 2. The highest BCUT2D eigenvalue weighted by molar-refractivity contribution is 5.36. The van der Waals surface area contributed by atoms with Gasteiger partial charge in [0.25, 0.3) is 0 Å². The van der Waals surface area contributed by atoms with Crippen molar-refractivity contribution in [1.29, 1.82) is 0 Å². The number of ether oxygens (including phenoxy) is 1. The third kappa shape index (κ3) is 5.31. The van der Waals surface area contributed by atoms with Crippen molar-refractivity contribution in [3.8, 4) is 5.88 Å². The van der Waals surface area contributed by atoms with Gasteiger partial charge in [-0.25, -0.2) is 9.97 Å². The molecule has 0 aromatic carbocycles. The summed E-state index contributed by atoms with van der Waals surface area (Å²) in [6, 6.07) is 1.84. The largest absolute Gasteiger partial charge is 0.478 e. The Bertz CT molecular complexity index is 333. The molecule has 1 atom stereocenters. The molecule has 0 radical (unpaired) electrons. The molecule has 0 bridgehead atoms. The van der Waals surface area contributed by atoms with Crippen LogP contribution in [0.2, 0.25) is 0 Å². The Labute approximate surface area is 109 Å².